The average Bonchev–Trinajstić information content (AvgIpc) is 3.14. The van der Waals surface area contributed by atoms with Gasteiger partial charge >= 0.3 is 0 Å². The summed E-state index contributed by atoms with van der Waals surface area (Å²) in [4.78, 5) is 31.9. The molecule has 0 aliphatic carbocycles. The van der Waals surface area contributed by atoms with Gasteiger partial charge in [0, 0.05) is 11.4 Å². The standard InChI is InChI=1S/C25H23Cl3N4O3/c1-13(2)21-20-23(32(31-21)22-17(27)10-15(26)11-18(22)28)29-19(30-24(20)34)9-14-5-7-16(8-6-14)35-25(3,4)12-33/h5-8,10-13H,9H2,1-4H3,(H,29,30,34). The molecule has 0 aliphatic heterocycles. The predicted octanol–water partition coefficient (Wildman–Crippen LogP) is 6.14. The van der Waals surface area contributed by atoms with E-state index in [4.69, 9.17) is 44.5 Å². The predicted molar refractivity (Wildman–Crippen MR) is 139 cm³/mol. The van der Waals surface area contributed by atoms with Gasteiger partial charge < -0.3 is 9.72 Å². The zero-order valence-corrected chi connectivity index (χ0v) is 21.8. The monoisotopic (exact) mass is 532 g/mol. The van der Waals surface area contributed by atoms with Crippen LogP contribution in [0.5, 0.6) is 5.75 Å². The van der Waals surface area contributed by atoms with Crippen LogP contribution in [0.15, 0.2) is 41.2 Å². The van der Waals surface area contributed by atoms with Crippen LogP contribution in [0.2, 0.25) is 15.1 Å². The highest BCUT2D eigenvalue weighted by Gasteiger charge is 2.23. The van der Waals surface area contributed by atoms with E-state index in [9.17, 15) is 9.59 Å². The lowest BCUT2D eigenvalue weighted by atomic mass is 10.1. The molecule has 2 heterocycles. The maximum Gasteiger partial charge on any atom is 0.262 e. The minimum absolute atomic E-state index is 0.0412. The van der Waals surface area contributed by atoms with Crippen LogP contribution in [-0.2, 0) is 11.2 Å². The molecule has 0 spiro atoms. The van der Waals surface area contributed by atoms with E-state index in [1.54, 1.807) is 38.1 Å². The number of benzene rings is 2. The van der Waals surface area contributed by atoms with Gasteiger partial charge in [-0.25, -0.2) is 9.67 Å². The molecule has 0 atom stereocenters. The molecular formula is C25H23Cl3N4O3. The second kappa shape index (κ2) is 9.64. The summed E-state index contributed by atoms with van der Waals surface area (Å²) in [6.07, 6.45) is 1.10. The Balaban J connectivity index is 1.79. The van der Waals surface area contributed by atoms with Crippen molar-refractivity contribution in [1.29, 1.82) is 0 Å². The van der Waals surface area contributed by atoms with Crippen molar-refractivity contribution in [2.45, 2.75) is 45.6 Å². The molecule has 0 saturated carbocycles. The fourth-order valence-electron chi connectivity index (χ4n) is 3.67. The van der Waals surface area contributed by atoms with Crippen molar-refractivity contribution >= 4 is 52.1 Å². The number of rotatable bonds is 7. The summed E-state index contributed by atoms with van der Waals surface area (Å²) in [6.45, 7) is 7.26. The third-order valence-electron chi connectivity index (χ3n) is 5.31. The van der Waals surface area contributed by atoms with Gasteiger partial charge in [-0.15, -0.1) is 0 Å². The quantitative estimate of drug-likeness (QED) is 0.288. The zero-order chi connectivity index (χ0) is 25.5. The second-order valence-electron chi connectivity index (χ2n) is 9.03. The third-order valence-corrected chi connectivity index (χ3v) is 6.11. The van der Waals surface area contributed by atoms with E-state index in [0.29, 0.717) is 55.5 Å². The summed E-state index contributed by atoms with van der Waals surface area (Å²) in [7, 11) is 0. The first-order chi connectivity index (χ1) is 16.5. The SMILES string of the molecule is CC(C)c1nn(-c2c(Cl)cc(Cl)cc2Cl)c2nc(Cc3ccc(OC(C)(C)C=O)cc3)[nH]c(=O)c12. The molecule has 7 nitrogen and oxygen atoms in total. The van der Waals surface area contributed by atoms with E-state index in [0.717, 1.165) is 11.8 Å². The maximum atomic E-state index is 13.1. The lowest BCUT2D eigenvalue weighted by Crippen LogP contribution is -2.29. The number of carbonyl (C=O) groups excluding carboxylic acids is 1. The molecule has 0 radical (unpaired) electrons. The Labute approximate surface area is 217 Å². The van der Waals surface area contributed by atoms with Crippen molar-refractivity contribution in [1.82, 2.24) is 19.7 Å². The summed E-state index contributed by atoms with van der Waals surface area (Å²) >= 11 is 19.0. The van der Waals surface area contributed by atoms with E-state index in [1.807, 2.05) is 26.0 Å². The van der Waals surface area contributed by atoms with E-state index in [1.165, 1.54) is 4.68 Å². The fourth-order valence-corrected chi connectivity index (χ4v) is 4.65. The molecule has 0 amide bonds. The maximum absolute atomic E-state index is 13.1. The summed E-state index contributed by atoms with van der Waals surface area (Å²) < 4.78 is 7.17. The van der Waals surface area contributed by atoms with Crippen LogP contribution < -0.4 is 10.3 Å². The van der Waals surface area contributed by atoms with Gasteiger partial charge in [0.05, 0.1) is 15.7 Å². The summed E-state index contributed by atoms with van der Waals surface area (Å²) in [5, 5.41) is 6.00. The van der Waals surface area contributed by atoms with Crippen LogP contribution in [-0.4, -0.2) is 31.6 Å². The Bertz CT molecular complexity index is 1450. The highest BCUT2D eigenvalue weighted by molar-refractivity contribution is 6.40. The number of H-pyrrole nitrogens is 1. The summed E-state index contributed by atoms with van der Waals surface area (Å²) in [6, 6.07) is 10.4. The molecule has 2 aromatic heterocycles. The van der Waals surface area contributed by atoms with Gasteiger partial charge in [-0.3, -0.25) is 9.59 Å². The number of nitrogens with zero attached hydrogens (tertiary/aromatic N) is 3. The molecule has 4 aromatic rings. The Morgan fingerprint density at radius 2 is 1.74 bits per heavy atom. The van der Waals surface area contributed by atoms with Crippen LogP contribution in [0, 0.1) is 0 Å². The minimum Gasteiger partial charge on any atom is -0.480 e. The highest BCUT2D eigenvalue weighted by Crippen LogP contribution is 2.34. The number of halogens is 3. The summed E-state index contributed by atoms with van der Waals surface area (Å²) in [5.74, 6) is 0.969. The van der Waals surface area contributed by atoms with Gasteiger partial charge in [0.25, 0.3) is 5.56 Å². The van der Waals surface area contributed by atoms with Crippen molar-refractivity contribution in [2.24, 2.45) is 0 Å². The number of aldehydes is 1. The number of ether oxygens (including phenoxy) is 1. The van der Waals surface area contributed by atoms with Crippen molar-refractivity contribution in [2.75, 3.05) is 0 Å². The number of fused-ring (bicyclic) bond motifs is 1. The number of hydrogen-bond donors (Lipinski definition) is 1. The lowest BCUT2D eigenvalue weighted by molar-refractivity contribution is -0.118. The Morgan fingerprint density at radius 3 is 2.31 bits per heavy atom. The van der Waals surface area contributed by atoms with Gasteiger partial charge in [-0.2, -0.15) is 5.10 Å². The minimum atomic E-state index is -0.921. The van der Waals surface area contributed by atoms with Crippen LogP contribution in [0.4, 0.5) is 0 Å². The zero-order valence-electron chi connectivity index (χ0n) is 19.5. The third kappa shape index (κ3) is 5.22. The first-order valence-corrected chi connectivity index (χ1v) is 12.0. The molecule has 0 aliphatic rings. The fraction of sp³-hybridized carbons (Fsp3) is 0.280. The Hall–Kier alpha value is -2.87. The topological polar surface area (TPSA) is 89.9 Å². The number of aromatic nitrogens is 4. The van der Waals surface area contributed by atoms with Gasteiger partial charge in [0.1, 0.15) is 22.6 Å². The van der Waals surface area contributed by atoms with Crippen molar-refractivity contribution in [3.8, 4) is 11.4 Å². The largest absolute Gasteiger partial charge is 0.480 e. The van der Waals surface area contributed by atoms with E-state index in [2.05, 4.69) is 10.1 Å². The molecule has 2 aromatic carbocycles. The molecule has 0 unspecified atom stereocenters. The molecule has 182 valence electrons. The number of nitrogens with one attached hydrogen (secondary N) is 1. The molecule has 0 bridgehead atoms. The molecule has 10 heteroatoms. The lowest BCUT2D eigenvalue weighted by Gasteiger charge is -2.19. The number of hydrogen-bond acceptors (Lipinski definition) is 5. The van der Waals surface area contributed by atoms with Gasteiger partial charge in [0.2, 0.25) is 0 Å². The Kier molecular flexibility index (Phi) is 6.95. The van der Waals surface area contributed by atoms with E-state index in [-0.39, 0.29) is 11.5 Å². The molecule has 0 fully saturated rings. The van der Waals surface area contributed by atoms with Crippen molar-refractivity contribution < 1.29 is 9.53 Å². The Morgan fingerprint density at radius 1 is 1.11 bits per heavy atom. The van der Waals surface area contributed by atoms with Gasteiger partial charge in [-0.1, -0.05) is 60.8 Å². The smallest absolute Gasteiger partial charge is 0.262 e. The van der Waals surface area contributed by atoms with E-state index >= 15 is 0 Å². The van der Waals surface area contributed by atoms with Crippen LogP contribution in [0.1, 0.15) is 50.7 Å². The van der Waals surface area contributed by atoms with Crippen LogP contribution in [0.25, 0.3) is 16.7 Å². The average molecular weight is 534 g/mol. The highest BCUT2D eigenvalue weighted by atomic mass is 35.5. The van der Waals surface area contributed by atoms with Crippen LogP contribution in [0.3, 0.4) is 0 Å². The van der Waals surface area contributed by atoms with Crippen molar-refractivity contribution in [3.63, 3.8) is 0 Å². The first kappa shape index (κ1) is 25.2. The number of aromatic amines is 1. The molecule has 1 N–H and O–H groups in total. The number of carbonyl (C=O) groups is 1. The molecular weight excluding hydrogens is 511 g/mol. The summed E-state index contributed by atoms with van der Waals surface area (Å²) in [5.41, 5.74) is 1.01. The van der Waals surface area contributed by atoms with Gasteiger partial charge in [0.15, 0.2) is 17.5 Å². The van der Waals surface area contributed by atoms with Gasteiger partial charge in [-0.05, 0) is 49.6 Å². The van der Waals surface area contributed by atoms with Crippen molar-refractivity contribution in [3.05, 3.63) is 78.9 Å². The van der Waals surface area contributed by atoms with E-state index < -0.39 is 5.60 Å². The normalized spacial score (nSPS) is 11.9. The second-order valence-corrected chi connectivity index (χ2v) is 10.3. The molecule has 35 heavy (non-hydrogen) atoms. The van der Waals surface area contributed by atoms with Crippen LogP contribution >= 0.6 is 34.8 Å². The molecule has 0 saturated heterocycles. The molecule has 4 rings (SSSR count). The first-order valence-electron chi connectivity index (χ1n) is 10.9.